The van der Waals surface area contributed by atoms with Crippen LogP contribution in [0.3, 0.4) is 0 Å². The first-order valence-corrected chi connectivity index (χ1v) is 9.66. The Hall–Kier alpha value is -1.83. The molecule has 1 aliphatic rings. The topological polar surface area (TPSA) is 39.7 Å². The second-order valence-electron chi connectivity index (χ2n) is 6.88. The fourth-order valence-electron chi connectivity index (χ4n) is 3.35. The molecule has 1 atom stereocenters. The largest absolute Gasteiger partial charge is 0.338 e. The summed E-state index contributed by atoms with van der Waals surface area (Å²) in [6, 6.07) is 5.86. The van der Waals surface area contributed by atoms with Crippen molar-refractivity contribution in [2.75, 3.05) is 40.3 Å². The standard InChI is InChI=1S/C19H25FN4OS/c1-14-21-17(13-26-14)12-23-7-9-24(10-8-23)19(25)18(22(2)3)15-5-4-6-16(20)11-15/h4-6,11,13,18H,7-10,12H2,1-3H3/t18-/m1/s1. The summed E-state index contributed by atoms with van der Waals surface area (Å²) >= 11 is 1.67. The molecule has 1 saturated heterocycles. The number of benzene rings is 1. The first-order valence-electron chi connectivity index (χ1n) is 8.78. The number of carbonyl (C=O) groups is 1. The summed E-state index contributed by atoms with van der Waals surface area (Å²) in [6.07, 6.45) is 0. The highest BCUT2D eigenvalue weighted by Crippen LogP contribution is 2.23. The second-order valence-corrected chi connectivity index (χ2v) is 7.94. The Kier molecular flexibility index (Phi) is 6.01. The van der Waals surface area contributed by atoms with Gasteiger partial charge in [0, 0.05) is 38.1 Å². The summed E-state index contributed by atoms with van der Waals surface area (Å²) in [6.45, 7) is 5.85. The van der Waals surface area contributed by atoms with E-state index >= 15 is 0 Å². The zero-order valence-corrected chi connectivity index (χ0v) is 16.3. The van der Waals surface area contributed by atoms with Gasteiger partial charge in [0.2, 0.25) is 5.91 Å². The number of rotatable bonds is 5. The lowest BCUT2D eigenvalue weighted by atomic mass is 10.0. The van der Waals surface area contributed by atoms with E-state index in [4.69, 9.17) is 0 Å². The lowest BCUT2D eigenvalue weighted by Crippen LogP contribution is -2.51. The summed E-state index contributed by atoms with van der Waals surface area (Å²) < 4.78 is 13.6. The van der Waals surface area contributed by atoms with E-state index in [2.05, 4.69) is 15.3 Å². The Labute approximate surface area is 158 Å². The third-order valence-electron chi connectivity index (χ3n) is 4.65. The number of hydrogen-bond acceptors (Lipinski definition) is 5. The summed E-state index contributed by atoms with van der Waals surface area (Å²) in [5.41, 5.74) is 1.79. The van der Waals surface area contributed by atoms with E-state index in [1.165, 1.54) is 12.1 Å². The highest BCUT2D eigenvalue weighted by Gasteiger charge is 2.30. The molecule has 7 heteroatoms. The molecular formula is C19H25FN4OS. The van der Waals surface area contributed by atoms with E-state index in [0.29, 0.717) is 18.7 Å². The number of likely N-dealkylation sites (N-methyl/N-ethyl adjacent to an activating group) is 1. The third kappa shape index (κ3) is 4.47. The molecular weight excluding hydrogens is 351 g/mol. The number of aromatic nitrogens is 1. The molecule has 0 radical (unpaired) electrons. The maximum Gasteiger partial charge on any atom is 0.244 e. The predicted molar refractivity (Wildman–Crippen MR) is 102 cm³/mol. The Balaban J connectivity index is 1.62. The summed E-state index contributed by atoms with van der Waals surface area (Å²) in [5, 5.41) is 3.18. The van der Waals surface area contributed by atoms with E-state index in [9.17, 15) is 9.18 Å². The van der Waals surface area contributed by atoms with Gasteiger partial charge in [0.05, 0.1) is 10.7 Å². The van der Waals surface area contributed by atoms with Crippen molar-refractivity contribution >= 4 is 17.2 Å². The number of piperazine rings is 1. The lowest BCUT2D eigenvalue weighted by Gasteiger charge is -2.37. The number of hydrogen-bond donors (Lipinski definition) is 0. The van der Waals surface area contributed by atoms with Crippen molar-refractivity contribution in [3.05, 3.63) is 51.7 Å². The molecule has 5 nitrogen and oxygen atoms in total. The smallest absolute Gasteiger partial charge is 0.244 e. The SMILES string of the molecule is Cc1nc(CN2CCN(C(=O)[C@@H](c3cccc(F)c3)N(C)C)CC2)cs1. The van der Waals surface area contributed by atoms with Crippen molar-refractivity contribution in [3.63, 3.8) is 0 Å². The highest BCUT2D eigenvalue weighted by molar-refractivity contribution is 7.09. The Morgan fingerprint density at radius 1 is 1.31 bits per heavy atom. The fourth-order valence-corrected chi connectivity index (χ4v) is 3.95. The Morgan fingerprint density at radius 2 is 2.04 bits per heavy atom. The van der Waals surface area contributed by atoms with Gasteiger partial charge in [-0.15, -0.1) is 11.3 Å². The lowest BCUT2D eigenvalue weighted by molar-refractivity contribution is -0.138. The van der Waals surface area contributed by atoms with Gasteiger partial charge in [0.15, 0.2) is 0 Å². The van der Waals surface area contributed by atoms with Crippen molar-refractivity contribution in [1.29, 1.82) is 0 Å². The molecule has 26 heavy (non-hydrogen) atoms. The fraction of sp³-hybridized carbons (Fsp3) is 0.474. The van der Waals surface area contributed by atoms with Crippen molar-refractivity contribution in [1.82, 2.24) is 19.7 Å². The van der Waals surface area contributed by atoms with Gasteiger partial charge in [0.1, 0.15) is 11.9 Å². The molecule has 3 rings (SSSR count). The molecule has 0 unspecified atom stereocenters. The van der Waals surface area contributed by atoms with Crippen molar-refractivity contribution in [2.45, 2.75) is 19.5 Å². The molecule has 1 aliphatic heterocycles. The molecule has 0 bridgehead atoms. The van der Waals surface area contributed by atoms with Gasteiger partial charge < -0.3 is 4.90 Å². The van der Waals surface area contributed by atoms with E-state index in [1.54, 1.807) is 17.4 Å². The van der Waals surface area contributed by atoms with Crippen molar-refractivity contribution in [3.8, 4) is 0 Å². The minimum absolute atomic E-state index is 0.0322. The van der Waals surface area contributed by atoms with Gasteiger partial charge in [-0.05, 0) is 38.7 Å². The van der Waals surface area contributed by atoms with Crippen LogP contribution in [0.1, 0.15) is 22.3 Å². The summed E-state index contributed by atoms with van der Waals surface area (Å²) in [5.74, 6) is -0.282. The highest BCUT2D eigenvalue weighted by atomic mass is 32.1. The van der Waals surface area contributed by atoms with Crippen LogP contribution in [0.2, 0.25) is 0 Å². The van der Waals surface area contributed by atoms with E-state index in [0.717, 1.165) is 30.3 Å². The summed E-state index contributed by atoms with van der Waals surface area (Å²) in [7, 11) is 3.71. The molecule has 1 aromatic carbocycles. The third-order valence-corrected chi connectivity index (χ3v) is 5.47. The van der Waals surface area contributed by atoms with E-state index < -0.39 is 6.04 Å². The first kappa shape index (κ1) is 18.9. The van der Waals surface area contributed by atoms with Gasteiger partial charge in [-0.3, -0.25) is 14.6 Å². The minimum atomic E-state index is -0.460. The van der Waals surface area contributed by atoms with Gasteiger partial charge in [-0.2, -0.15) is 0 Å². The minimum Gasteiger partial charge on any atom is -0.338 e. The van der Waals surface area contributed by atoms with Gasteiger partial charge in [0.25, 0.3) is 0 Å². The van der Waals surface area contributed by atoms with Gasteiger partial charge >= 0.3 is 0 Å². The Bertz CT molecular complexity index is 756. The number of aryl methyl sites for hydroxylation is 1. The molecule has 1 aromatic heterocycles. The van der Waals surface area contributed by atoms with Crippen LogP contribution in [-0.4, -0.2) is 65.9 Å². The molecule has 1 fully saturated rings. The van der Waals surface area contributed by atoms with Crippen LogP contribution < -0.4 is 0 Å². The van der Waals surface area contributed by atoms with Gasteiger partial charge in [-0.25, -0.2) is 9.37 Å². The van der Waals surface area contributed by atoms with Gasteiger partial charge in [-0.1, -0.05) is 12.1 Å². The maximum atomic E-state index is 13.6. The van der Waals surface area contributed by atoms with Crippen LogP contribution >= 0.6 is 11.3 Å². The predicted octanol–water partition coefficient (Wildman–Crippen LogP) is 2.54. The number of halogens is 1. The summed E-state index contributed by atoms with van der Waals surface area (Å²) in [4.78, 5) is 23.6. The van der Waals surface area contributed by atoms with E-state index in [-0.39, 0.29) is 11.7 Å². The quantitative estimate of drug-likeness (QED) is 0.804. The van der Waals surface area contributed by atoms with Crippen molar-refractivity contribution < 1.29 is 9.18 Å². The average molecular weight is 377 g/mol. The molecule has 2 heterocycles. The molecule has 1 amide bonds. The number of nitrogens with zero attached hydrogens (tertiary/aromatic N) is 4. The number of thiazole rings is 1. The van der Waals surface area contributed by atoms with Crippen LogP contribution in [0.5, 0.6) is 0 Å². The maximum absolute atomic E-state index is 13.6. The molecule has 140 valence electrons. The monoisotopic (exact) mass is 376 g/mol. The number of amides is 1. The van der Waals surface area contributed by atoms with E-state index in [1.807, 2.05) is 36.9 Å². The first-order chi connectivity index (χ1) is 12.4. The molecule has 0 N–H and O–H groups in total. The van der Waals surface area contributed by atoms with Crippen LogP contribution in [0.25, 0.3) is 0 Å². The van der Waals surface area contributed by atoms with Crippen LogP contribution in [0.4, 0.5) is 4.39 Å². The second kappa shape index (κ2) is 8.24. The molecule has 0 saturated carbocycles. The molecule has 2 aromatic rings. The van der Waals surface area contributed by atoms with Crippen LogP contribution in [-0.2, 0) is 11.3 Å². The normalized spacial score (nSPS) is 16.9. The zero-order valence-electron chi connectivity index (χ0n) is 15.5. The zero-order chi connectivity index (χ0) is 18.7. The average Bonchev–Trinajstić information content (AvgIpc) is 3.00. The van der Waals surface area contributed by atoms with Crippen molar-refractivity contribution in [2.24, 2.45) is 0 Å². The Morgan fingerprint density at radius 3 is 2.62 bits per heavy atom. The van der Waals surface area contributed by atoms with Crippen LogP contribution in [0, 0.1) is 12.7 Å². The molecule has 0 spiro atoms. The number of carbonyl (C=O) groups excluding carboxylic acids is 1. The van der Waals surface area contributed by atoms with Crippen LogP contribution in [0.15, 0.2) is 29.6 Å². The molecule has 0 aliphatic carbocycles.